The van der Waals surface area contributed by atoms with Crippen LogP contribution in [0.1, 0.15) is 45.7 Å². The summed E-state index contributed by atoms with van der Waals surface area (Å²) in [6.45, 7) is 3.72. The predicted octanol–water partition coefficient (Wildman–Crippen LogP) is 1.98. The average molecular weight is 380 g/mol. The van der Waals surface area contributed by atoms with Crippen molar-refractivity contribution >= 4 is 11.8 Å². The molecule has 0 aliphatic carbocycles. The van der Waals surface area contributed by atoms with E-state index in [1.54, 1.807) is 36.8 Å². The van der Waals surface area contributed by atoms with Gasteiger partial charge in [-0.15, -0.1) is 0 Å². The number of carbonyl (C=O) groups excluding carboxylic acids is 2. The Bertz CT molecular complexity index is 863. The highest BCUT2D eigenvalue weighted by Crippen LogP contribution is 2.36. The van der Waals surface area contributed by atoms with Gasteiger partial charge < -0.3 is 15.0 Å². The summed E-state index contributed by atoms with van der Waals surface area (Å²) in [7, 11) is 0. The Morgan fingerprint density at radius 1 is 1.25 bits per heavy atom. The molecule has 2 saturated heterocycles. The molecule has 2 aromatic heterocycles. The van der Waals surface area contributed by atoms with Crippen molar-refractivity contribution in [3.05, 3.63) is 59.7 Å². The largest absolute Gasteiger partial charge is 0.373 e. The van der Waals surface area contributed by atoms with Crippen LogP contribution < -0.4 is 5.32 Å². The summed E-state index contributed by atoms with van der Waals surface area (Å²) < 4.78 is 6.10. The van der Waals surface area contributed by atoms with Gasteiger partial charge in [-0.2, -0.15) is 0 Å². The SMILES string of the molecule is Cc1cncc(C(=O)N2CCC3(CC2)C[C@@H](NC(=O)c2ccccn2)CO3)c1. The molecule has 0 radical (unpaired) electrons. The highest BCUT2D eigenvalue weighted by Gasteiger charge is 2.44. The van der Waals surface area contributed by atoms with Crippen molar-refractivity contribution in [1.29, 1.82) is 0 Å². The summed E-state index contributed by atoms with van der Waals surface area (Å²) in [6.07, 6.45) is 7.28. The lowest BCUT2D eigenvalue weighted by molar-refractivity contribution is -0.0389. The summed E-state index contributed by atoms with van der Waals surface area (Å²) in [4.78, 5) is 35.1. The Balaban J connectivity index is 1.32. The van der Waals surface area contributed by atoms with Crippen molar-refractivity contribution in [3.63, 3.8) is 0 Å². The number of nitrogens with one attached hydrogen (secondary N) is 1. The normalized spacial score (nSPS) is 20.9. The van der Waals surface area contributed by atoms with E-state index in [2.05, 4.69) is 15.3 Å². The number of likely N-dealkylation sites (tertiary alicyclic amines) is 1. The van der Waals surface area contributed by atoms with Gasteiger partial charge in [0.05, 0.1) is 23.8 Å². The minimum absolute atomic E-state index is 0.0176. The van der Waals surface area contributed by atoms with Gasteiger partial charge in [0.2, 0.25) is 0 Å². The Kier molecular flexibility index (Phi) is 5.09. The first-order valence-corrected chi connectivity index (χ1v) is 9.61. The monoisotopic (exact) mass is 380 g/mol. The zero-order chi connectivity index (χ0) is 19.6. The third-order valence-corrected chi connectivity index (χ3v) is 5.53. The molecule has 2 aliphatic rings. The molecule has 2 amide bonds. The van der Waals surface area contributed by atoms with Gasteiger partial charge >= 0.3 is 0 Å². The molecule has 2 aromatic rings. The standard InChI is InChI=1S/C21H24N4O3/c1-15-10-16(13-22-12-15)20(27)25-8-5-21(6-9-25)11-17(14-28-21)24-19(26)18-4-2-3-7-23-18/h2-4,7,10,12-13,17H,5-6,8-9,11,14H2,1H3,(H,24,26)/t17-/m1/s1. The zero-order valence-corrected chi connectivity index (χ0v) is 15.9. The van der Waals surface area contributed by atoms with Gasteiger partial charge in [-0.1, -0.05) is 6.07 Å². The van der Waals surface area contributed by atoms with E-state index >= 15 is 0 Å². The Hall–Kier alpha value is -2.80. The van der Waals surface area contributed by atoms with E-state index in [1.807, 2.05) is 17.9 Å². The first-order chi connectivity index (χ1) is 13.5. The van der Waals surface area contributed by atoms with Crippen LogP contribution in [0.5, 0.6) is 0 Å². The fraction of sp³-hybridized carbons (Fsp3) is 0.429. The number of nitrogens with zero attached hydrogens (tertiary/aromatic N) is 3. The number of aromatic nitrogens is 2. The van der Waals surface area contributed by atoms with Crippen LogP contribution in [0.3, 0.4) is 0 Å². The van der Waals surface area contributed by atoms with Gasteiger partial charge in [-0.3, -0.25) is 19.6 Å². The van der Waals surface area contributed by atoms with Crippen molar-refractivity contribution < 1.29 is 14.3 Å². The fourth-order valence-corrected chi connectivity index (χ4v) is 4.01. The van der Waals surface area contributed by atoms with Crippen molar-refractivity contribution in [1.82, 2.24) is 20.2 Å². The minimum atomic E-state index is -0.260. The molecule has 0 aromatic carbocycles. The maximum absolute atomic E-state index is 12.7. The number of aryl methyl sites for hydroxylation is 1. The lowest BCUT2D eigenvalue weighted by atomic mass is 9.87. The van der Waals surface area contributed by atoms with E-state index < -0.39 is 0 Å². The van der Waals surface area contributed by atoms with Gasteiger partial charge in [0.1, 0.15) is 5.69 Å². The van der Waals surface area contributed by atoms with Gasteiger partial charge in [-0.05, 0) is 49.9 Å². The number of pyridine rings is 2. The molecule has 0 saturated carbocycles. The summed E-state index contributed by atoms with van der Waals surface area (Å²) in [6, 6.07) is 7.12. The molecule has 1 N–H and O–H groups in total. The molecule has 4 rings (SSSR count). The molecule has 4 heterocycles. The Morgan fingerprint density at radius 3 is 2.79 bits per heavy atom. The molecule has 7 heteroatoms. The quantitative estimate of drug-likeness (QED) is 0.880. The molecule has 2 aliphatic heterocycles. The van der Waals surface area contributed by atoms with Crippen LogP contribution >= 0.6 is 0 Å². The zero-order valence-electron chi connectivity index (χ0n) is 15.9. The predicted molar refractivity (Wildman–Crippen MR) is 103 cm³/mol. The van der Waals surface area contributed by atoms with E-state index in [0.717, 1.165) is 24.8 Å². The van der Waals surface area contributed by atoms with Gasteiger partial charge in [0.25, 0.3) is 11.8 Å². The number of ether oxygens (including phenoxy) is 1. The maximum Gasteiger partial charge on any atom is 0.270 e. The van der Waals surface area contributed by atoms with E-state index in [4.69, 9.17) is 4.74 Å². The van der Waals surface area contributed by atoms with Gasteiger partial charge in [0, 0.05) is 31.7 Å². The summed E-state index contributed by atoms with van der Waals surface area (Å²) in [5, 5.41) is 3.02. The van der Waals surface area contributed by atoms with Crippen molar-refractivity contribution in [3.8, 4) is 0 Å². The second kappa shape index (κ2) is 7.67. The third-order valence-electron chi connectivity index (χ3n) is 5.53. The summed E-state index contributed by atoms with van der Waals surface area (Å²) in [5.41, 5.74) is 1.76. The van der Waals surface area contributed by atoms with E-state index in [-0.39, 0.29) is 23.5 Å². The number of amides is 2. The topological polar surface area (TPSA) is 84.4 Å². The average Bonchev–Trinajstić information content (AvgIpc) is 3.10. The molecule has 2 fully saturated rings. The molecular formula is C21H24N4O3. The van der Waals surface area contributed by atoms with Crippen molar-refractivity contribution in [2.24, 2.45) is 0 Å². The number of hydrogen-bond donors (Lipinski definition) is 1. The number of carbonyl (C=O) groups is 2. The number of piperidine rings is 1. The highest BCUT2D eigenvalue weighted by molar-refractivity contribution is 5.94. The molecule has 28 heavy (non-hydrogen) atoms. The Labute approximate surface area is 164 Å². The molecule has 1 spiro atoms. The summed E-state index contributed by atoms with van der Waals surface area (Å²) in [5.74, 6) is -0.158. The van der Waals surface area contributed by atoms with Crippen LogP contribution in [0.4, 0.5) is 0 Å². The lowest BCUT2D eigenvalue weighted by Crippen LogP contribution is -2.47. The third kappa shape index (κ3) is 3.89. The highest BCUT2D eigenvalue weighted by atomic mass is 16.5. The van der Waals surface area contributed by atoms with E-state index in [9.17, 15) is 9.59 Å². The van der Waals surface area contributed by atoms with Crippen LogP contribution in [-0.4, -0.2) is 58.0 Å². The fourth-order valence-electron chi connectivity index (χ4n) is 4.01. The molecular weight excluding hydrogens is 356 g/mol. The number of rotatable bonds is 3. The van der Waals surface area contributed by atoms with Gasteiger partial charge in [0.15, 0.2) is 0 Å². The van der Waals surface area contributed by atoms with Crippen molar-refractivity contribution in [2.75, 3.05) is 19.7 Å². The maximum atomic E-state index is 12.7. The lowest BCUT2D eigenvalue weighted by Gasteiger charge is -2.38. The Morgan fingerprint density at radius 2 is 2.07 bits per heavy atom. The molecule has 0 unspecified atom stereocenters. The van der Waals surface area contributed by atoms with Gasteiger partial charge in [-0.25, -0.2) is 0 Å². The number of hydrogen-bond acceptors (Lipinski definition) is 5. The second-order valence-corrected chi connectivity index (χ2v) is 7.63. The first kappa shape index (κ1) is 18.6. The second-order valence-electron chi connectivity index (χ2n) is 7.63. The van der Waals surface area contributed by atoms with E-state index in [0.29, 0.717) is 31.0 Å². The molecule has 0 bridgehead atoms. The molecule has 146 valence electrons. The first-order valence-electron chi connectivity index (χ1n) is 9.61. The van der Waals surface area contributed by atoms with Crippen LogP contribution in [0.25, 0.3) is 0 Å². The minimum Gasteiger partial charge on any atom is -0.373 e. The van der Waals surface area contributed by atoms with Crippen molar-refractivity contribution in [2.45, 2.75) is 37.8 Å². The van der Waals surface area contributed by atoms with Crippen LogP contribution in [-0.2, 0) is 4.74 Å². The molecule has 1 atom stereocenters. The van der Waals surface area contributed by atoms with Crippen LogP contribution in [0, 0.1) is 6.92 Å². The smallest absolute Gasteiger partial charge is 0.270 e. The molecule has 7 nitrogen and oxygen atoms in total. The summed E-state index contributed by atoms with van der Waals surface area (Å²) >= 11 is 0. The van der Waals surface area contributed by atoms with E-state index in [1.165, 1.54) is 0 Å². The van der Waals surface area contributed by atoms with Crippen LogP contribution in [0.15, 0.2) is 42.9 Å². The van der Waals surface area contributed by atoms with Crippen LogP contribution in [0.2, 0.25) is 0 Å².